The van der Waals surface area contributed by atoms with Crippen molar-refractivity contribution in [2.45, 2.75) is 24.0 Å². The topological polar surface area (TPSA) is 40.6 Å². The predicted molar refractivity (Wildman–Crippen MR) is 93.5 cm³/mol. The van der Waals surface area contributed by atoms with Crippen LogP contribution in [0.5, 0.6) is 0 Å². The van der Waals surface area contributed by atoms with E-state index in [0.29, 0.717) is 13.0 Å². The molecular weight excluding hydrogens is 365 g/mol. The highest BCUT2D eigenvalue weighted by atomic mass is 32.2. The molecule has 1 heterocycles. The fourth-order valence-corrected chi connectivity index (χ4v) is 4.08. The normalized spacial score (nSPS) is 14.8. The third-order valence-corrected chi connectivity index (χ3v) is 6.32. The van der Waals surface area contributed by atoms with Crippen LogP contribution in [0.25, 0.3) is 0 Å². The highest BCUT2D eigenvalue weighted by molar-refractivity contribution is 7.89. The third kappa shape index (κ3) is 3.43. The van der Waals surface area contributed by atoms with Crippen molar-refractivity contribution < 1.29 is 21.6 Å². The first-order chi connectivity index (χ1) is 12.1. The SMILES string of the molecule is CN(C)S(=O)(=O)c1ccc2c(c1)CCN2Cc1ccccc1C(F)(F)F. The number of hydrogen-bond acceptors (Lipinski definition) is 3. The van der Waals surface area contributed by atoms with Gasteiger partial charge in [0.15, 0.2) is 0 Å². The van der Waals surface area contributed by atoms with Gasteiger partial charge in [-0.15, -0.1) is 0 Å². The number of sulfonamides is 1. The Bertz CT molecular complexity index is 924. The molecule has 0 fully saturated rings. The van der Waals surface area contributed by atoms with Gasteiger partial charge in [-0.1, -0.05) is 18.2 Å². The highest BCUT2D eigenvalue weighted by Gasteiger charge is 2.34. The van der Waals surface area contributed by atoms with Crippen molar-refractivity contribution in [3.63, 3.8) is 0 Å². The molecule has 2 aromatic carbocycles. The molecule has 2 aromatic rings. The van der Waals surface area contributed by atoms with Gasteiger partial charge >= 0.3 is 6.18 Å². The standard InChI is InChI=1S/C18H19F3N2O2S/c1-22(2)26(24,25)15-7-8-17-13(11-15)9-10-23(17)12-14-5-3-4-6-16(14)18(19,20)21/h3-8,11H,9-10,12H2,1-2H3. The van der Waals surface area contributed by atoms with Crippen molar-refractivity contribution >= 4 is 15.7 Å². The molecule has 0 unspecified atom stereocenters. The Kier molecular flexibility index (Phi) is 4.74. The van der Waals surface area contributed by atoms with Gasteiger partial charge in [0.25, 0.3) is 0 Å². The van der Waals surface area contributed by atoms with E-state index in [-0.39, 0.29) is 17.0 Å². The molecule has 8 heteroatoms. The summed E-state index contributed by atoms with van der Waals surface area (Å²) in [6.07, 6.45) is -3.80. The molecule has 26 heavy (non-hydrogen) atoms. The van der Waals surface area contributed by atoms with Crippen LogP contribution in [0.4, 0.5) is 18.9 Å². The van der Waals surface area contributed by atoms with Crippen molar-refractivity contribution in [2.75, 3.05) is 25.5 Å². The summed E-state index contributed by atoms with van der Waals surface area (Å²) in [4.78, 5) is 2.05. The first-order valence-electron chi connectivity index (χ1n) is 8.06. The van der Waals surface area contributed by atoms with Gasteiger partial charge in [0.05, 0.1) is 10.5 Å². The molecular formula is C18H19F3N2O2S. The number of fused-ring (bicyclic) bond motifs is 1. The molecule has 0 aliphatic carbocycles. The van der Waals surface area contributed by atoms with E-state index in [1.165, 1.54) is 32.3 Å². The Morgan fingerprint density at radius 3 is 2.46 bits per heavy atom. The molecule has 0 N–H and O–H groups in total. The second-order valence-corrected chi connectivity index (χ2v) is 8.56. The summed E-state index contributed by atoms with van der Waals surface area (Å²) < 4.78 is 65.2. The molecule has 3 rings (SSSR count). The van der Waals surface area contributed by atoms with E-state index in [2.05, 4.69) is 0 Å². The lowest BCUT2D eigenvalue weighted by Crippen LogP contribution is -2.23. The second-order valence-electron chi connectivity index (χ2n) is 6.40. The lowest BCUT2D eigenvalue weighted by molar-refractivity contribution is -0.138. The van der Waals surface area contributed by atoms with Gasteiger partial charge in [0.2, 0.25) is 10.0 Å². The van der Waals surface area contributed by atoms with Crippen LogP contribution in [-0.4, -0.2) is 33.4 Å². The van der Waals surface area contributed by atoms with E-state index < -0.39 is 21.8 Å². The summed E-state index contributed by atoms with van der Waals surface area (Å²) in [5, 5.41) is 0. The van der Waals surface area contributed by atoms with E-state index in [1.54, 1.807) is 18.2 Å². The van der Waals surface area contributed by atoms with Crippen molar-refractivity contribution in [3.05, 3.63) is 59.2 Å². The number of hydrogen-bond donors (Lipinski definition) is 0. The lowest BCUT2D eigenvalue weighted by Gasteiger charge is -2.22. The molecule has 1 aliphatic rings. The zero-order valence-electron chi connectivity index (χ0n) is 14.4. The largest absolute Gasteiger partial charge is 0.416 e. The van der Waals surface area contributed by atoms with Gasteiger partial charge in [0.1, 0.15) is 0 Å². The Morgan fingerprint density at radius 1 is 1.12 bits per heavy atom. The molecule has 0 spiro atoms. The zero-order valence-corrected chi connectivity index (χ0v) is 15.2. The van der Waals surface area contributed by atoms with Crippen LogP contribution in [0.15, 0.2) is 47.4 Å². The molecule has 0 atom stereocenters. The van der Waals surface area contributed by atoms with E-state index in [9.17, 15) is 21.6 Å². The quantitative estimate of drug-likeness (QED) is 0.810. The maximum Gasteiger partial charge on any atom is 0.416 e. The average molecular weight is 384 g/mol. The maximum atomic E-state index is 13.2. The summed E-state index contributed by atoms with van der Waals surface area (Å²) in [5.41, 5.74) is 1.18. The smallest absolute Gasteiger partial charge is 0.367 e. The van der Waals surface area contributed by atoms with Gasteiger partial charge in [0, 0.05) is 32.9 Å². The molecule has 0 radical (unpaired) electrons. The van der Waals surface area contributed by atoms with Crippen molar-refractivity contribution in [1.29, 1.82) is 0 Å². The van der Waals surface area contributed by atoms with Crippen LogP contribution < -0.4 is 4.90 Å². The summed E-state index contributed by atoms with van der Waals surface area (Å²) in [5.74, 6) is 0. The molecule has 4 nitrogen and oxygen atoms in total. The minimum absolute atomic E-state index is 0.127. The van der Waals surface area contributed by atoms with Gasteiger partial charge in [-0.2, -0.15) is 13.2 Å². The summed E-state index contributed by atoms with van der Waals surface area (Å²) in [7, 11) is -0.612. The number of benzene rings is 2. The van der Waals surface area contributed by atoms with Crippen LogP contribution >= 0.6 is 0 Å². The molecule has 0 bridgehead atoms. The van der Waals surface area contributed by atoms with Gasteiger partial charge in [-0.3, -0.25) is 0 Å². The Morgan fingerprint density at radius 2 is 1.81 bits per heavy atom. The predicted octanol–water partition coefficient (Wildman–Crippen LogP) is 3.52. The first-order valence-corrected chi connectivity index (χ1v) is 9.50. The monoisotopic (exact) mass is 384 g/mol. The van der Waals surface area contributed by atoms with E-state index in [1.807, 2.05) is 4.90 Å². The molecule has 0 aromatic heterocycles. The average Bonchev–Trinajstić information content (AvgIpc) is 2.96. The highest BCUT2D eigenvalue weighted by Crippen LogP contribution is 2.36. The Labute approximate surface area is 150 Å². The van der Waals surface area contributed by atoms with Crippen molar-refractivity contribution in [1.82, 2.24) is 4.31 Å². The molecule has 0 saturated carbocycles. The van der Waals surface area contributed by atoms with Crippen LogP contribution in [0.1, 0.15) is 16.7 Å². The summed E-state index contributed by atoms with van der Waals surface area (Å²) >= 11 is 0. The van der Waals surface area contributed by atoms with Crippen LogP contribution in [-0.2, 0) is 29.2 Å². The first kappa shape index (κ1) is 18.7. The van der Waals surface area contributed by atoms with Crippen molar-refractivity contribution in [2.24, 2.45) is 0 Å². The summed E-state index contributed by atoms with van der Waals surface area (Å²) in [6.45, 7) is 0.676. The molecule has 0 saturated heterocycles. The summed E-state index contributed by atoms with van der Waals surface area (Å²) in [6, 6.07) is 10.3. The third-order valence-electron chi connectivity index (χ3n) is 4.51. The van der Waals surface area contributed by atoms with Gasteiger partial charge < -0.3 is 4.90 Å². The van der Waals surface area contributed by atoms with Gasteiger partial charge in [-0.25, -0.2) is 12.7 Å². The zero-order chi connectivity index (χ0) is 19.1. The maximum absolute atomic E-state index is 13.2. The minimum Gasteiger partial charge on any atom is -0.367 e. The number of halogens is 3. The Hall–Kier alpha value is -2.06. The number of anilines is 1. The van der Waals surface area contributed by atoms with E-state index in [4.69, 9.17) is 0 Å². The number of rotatable bonds is 4. The van der Waals surface area contributed by atoms with Crippen LogP contribution in [0.3, 0.4) is 0 Å². The molecule has 140 valence electrons. The number of alkyl halides is 3. The second kappa shape index (κ2) is 6.59. The van der Waals surface area contributed by atoms with Gasteiger partial charge in [-0.05, 0) is 41.8 Å². The Balaban J connectivity index is 1.91. The molecule has 1 aliphatic heterocycles. The van der Waals surface area contributed by atoms with Crippen molar-refractivity contribution in [3.8, 4) is 0 Å². The number of nitrogens with zero attached hydrogens (tertiary/aromatic N) is 2. The minimum atomic E-state index is -4.40. The van der Waals surface area contributed by atoms with Crippen LogP contribution in [0, 0.1) is 0 Å². The molecule has 0 amide bonds. The van der Waals surface area contributed by atoms with Crippen LogP contribution in [0.2, 0.25) is 0 Å². The fraction of sp³-hybridized carbons (Fsp3) is 0.333. The lowest BCUT2D eigenvalue weighted by atomic mass is 10.1. The van der Waals surface area contributed by atoms with E-state index in [0.717, 1.165) is 21.6 Å². The fourth-order valence-electron chi connectivity index (χ4n) is 3.12. The van der Waals surface area contributed by atoms with E-state index >= 15 is 0 Å².